The summed E-state index contributed by atoms with van der Waals surface area (Å²) in [5, 5.41) is 14.2. The van der Waals surface area contributed by atoms with Crippen LogP contribution in [0, 0.1) is 11.3 Å². The first-order valence-corrected chi connectivity index (χ1v) is 7.93. The zero-order valence-corrected chi connectivity index (χ0v) is 11.6. The lowest BCUT2D eigenvalue weighted by Crippen LogP contribution is -2.50. The van der Waals surface area contributed by atoms with E-state index in [0.717, 1.165) is 12.8 Å². The molecule has 0 atom stereocenters. The fourth-order valence-corrected chi connectivity index (χ4v) is 2.94. The van der Waals surface area contributed by atoms with E-state index in [-0.39, 0.29) is 18.8 Å². The Morgan fingerprint density at radius 2 is 1.95 bits per heavy atom. The number of nitrogens with two attached hydrogens (primary N) is 1. The molecule has 1 aliphatic carbocycles. The molecule has 2 aliphatic rings. The third-order valence-electron chi connectivity index (χ3n) is 3.54. The van der Waals surface area contributed by atoms with E-state index in [1.165, 1.54) is 4.31 Å². The molecule has 3 rings (SSSR count). The van der Waals surface area contributed by atoms with Crippen LogP contribution in [0.2, 0.25) is 0 Å². The van der Waals surface area contributed by atoms with Crippen LogP contribution in [-0.2, 0) is 10.2 Å². The summed E-state index contributed by atoms with van der Waals surface area (Å²) in [7, 11) is -3.65. The molecular weight excluding hydrogens is 282 g/mol. The number of rotatable bonds is 3. The quantitative estimate of drug-likeness (QED) is 0.822. The van der Waals surface area contributed by atoms with E-state index in [4.69, 9.17) is 14.8 Å². The summed E-state index contributed by atoms with van der Waals surface area (Å²) in [6, 6.07) is 2.03. The average Bonchev–Trinajstić information content (AvgIpc) is 3.17. The Kier molecular flexibility index (Phi) is 3.16. The smallest absolute Gasteiger partial charge is 0.277 e. The lowest BCUT2D eigenvalue weighted by Gasteiger charge is -2.32. The number of hydrogen-bond donors (Lipinski definition) is 1. The fraction of sp³-hybridized carbons (Fsp3) is 0.636. The Hall–Kier alpha value is -1.63. The molecule has 2 N–H and O–H groups in total. The van der Waals surface area contributed by atoms with Gasteiger partial charge in [-0.15, -0.1) is 0 Å². The summed E-state index contributed by atoms with van der Waals surface area (Å²) in [6.45, 7) is 1.43. The molecule has 0 amide bonds. The van der Waals surface area contributed by atoms with Crippen molar-refractivity contribution < 1.29 is 12.8 Å². The van der Waals surface area contributed by atoms with Crippen LogP contribution in [0.5, 0.6) is 0 Å². The van der Waals surface area contributed by atoms with E-state index in [1.807, 2.05) is 11.0 Å². The average molecular weight is 297 g/mol. The van der Waals surface area contributed by atoms with Gasteiger partial charge in [-0.25, -0.2) is 10.1 Å². The van der Waals surface area contributed by atoms with Crippen LogP contribution >= 0.6 is 0 Å². The second kappa shape index (κ2) is 4.73. The maximum Gasteiger partial charge on any atom is 0.277 e. The number of aromatic nitrogens is 1. The highest BCUT2D eigenvalue weighted by Crippen LogP contribution is 2.41. The SMILES string of the molecule is N#Cc1nc(C2CC2)oc1N1CCN(S(N)(=O)=O)CC1. The highest BCUT2D eigenvalue weighted by atomic mass is 32.2. The van der Waals surface area contributed by atoms with Crippen molar-refractivity contribution in [2.24, 2.45) is 5.14 Å². The Morgan fingerprint density at radius 1 is 1.30 bits per heavy atom. The predicted octanol–water partition coefficient (Wildman–Crippen LogP) is -0.251. The number of nitrogens with zero attached hydrogens (tertiary/aromatic N) is 4. The molecule has 0 radical (unpaired) electrons. The highest BCUT2D eigenvalue weighted by molar-refractivity contribution is 7.86. The number of nitriles is 1. The molecule has 1 aliphatic heterocycles. The van der Waals surface area contributed by atoms with Gasteiger partial charge in [0, 0.05) is 32.1 Å². The zero-order valence-electron chi connectivity index (χ0n) is 10.8. The molecule has 0 unspecified atom stereocenters. The van der Waals surface area contributed by atoms with Crippen LogP contribution in [0.4, 0.5) is 5.88 Å². The fourth-order valence-electron chi connectivity index (χ4n) is 2.27. The summed E-state index contributed by atoms with van der Waals surface area (Å²) < 4.78 is 29.4. The molecule has 108 valence electrons. The molecule has 9 heteroatoms. The van der Waals surface area contributed by atoms with Crippen molar-refractivity contribution in [3.8, 4) is 6.07 Å². The van der Waals surface area contributed by atoms with Crippen molar-refractivity contribution in [3.05, 3.63) is 11.6 Å². The van der Waals surface area contributed by atoms with Crippen molar-refractivity contribution in [1.29, 1.82) is 5.26 Å². The Morgan fingerprint density at radius 3 is 2.45 bits per heavy atom. The Balaban J connectivity index is 1.76. The van der Waals surface area contributed by atoms with E-state index >= 15 is 0 Å². The summed E-state index contributed by atoms with van der Waals surface area (Å²) >= 11 is 0. The van der Waals surface area contributed by atoms with Crippen LogP contribution in [0.3, 0.4) is 0 Å². The normalized spacial score (nSPS) is 20.9. The van der Waals surface area contributed by atoms with Crippen LogP contribution in [0.25, 0.3) is 0 Å². The van der Waals surface area contributed by atoms with Gasteiger partial charge in [-0.2, -0.15) is 18.0 Å². The maximum absolute atomic E-state index is 11.3. The number of piperazine rings is 1. The van der Waals surface area contributed by atoms with Gasteiger partial charge in [0.2, 0.25) is 17.5 Å². The summed E-state index contributed by atoms with van der Waals surface area (Å²) in [4.78, 5) is 6.05. The molecule has 1 saturated carbocycles. The first kappa shape index (κ1) is 13.4. The minimum atomic E-state index is -3.65. The van der Waals surface area contributed by atoms with Crippen molar-refractivity contribution in [3.63, 3.8) is 0 Å². The van der Waals surface area contributed by atoms with Gasteiger partial charge in [-0.05, 0) is 12.8 Å². The lowest BCUT2D eigenvalue weighted by atomic mass is 10.3. The van der Waals surface area contributed by atoms with Crippen molar-refractivity contribution in [2.45, 2.75) is 18.8 Å². The molecule has 2 heterocycles. The molecular formula is C11H15N5O3S. The number of hydrogen-bond acceptors (Lipinski definition) is 6. The second-order valence-electron chi connectivity index (χ2n) is 5.02. The van der Waals surface area contributed by atoms with E-state index in [2.05, 4.69) is 4.98 Å². The maximum atomic E-state index is 11.3. The van der Waals surface area contributed by atoms with Gasteiger partial charge < -0.3 is 9.32 Å². The first-order valence-electron chi connectivity index (χ1n) is 6.42. The van der Waals surface area contributed by atoms with Crippen molar-refractivity contribution in [1.82, 2.24) is 9.29 Å². The molecule has 1 aromatic rings. The largest absolute Gasteiger partial charge is 0.423 e. The minimum absolute atomic E-state index is 0.274. The van der Waals surface area contributed by atoms with Crippen molar-refractivity contribution >= 4 is 16.1 Å². The van der Waals surface area contributed by atoms with Gasteiger partial charge in [0.05, 0.1) is 0 Å². The van der Waals surface area contributed by atoms with Crippen LogP contribution in [-0.4, -0.2) is 43.9 Å². The number of oxazole rings is 1. The summed E-state index contributed by atoms with van der Waals surface area (Å²) in [6.07, 6.45) is 2.09. The standard InChI is InChI=1S/C11H15N5O3S/c12-7-9-11(19-10(14-9)8-1-2-8)15-3-5-16(6-4-15)20(13,17)18/h8H,1-6H2,(H2,13,17,18). The zero-order chi connectivity index (χ0) is 14.3. The molecule has 0 bridgehead atoms. The third kappa shape index (κ3) is 2.49. The van der Waals surface area contributed by atoms with Gasteiger partial charge in [-0.1, -0.05) is 0 Å². The van der Waals surface area contributed by atoms with Gasteiger partial charge in [0.1, 0.15) is 6.07 Å². The number of anilines is 1. The first-order chi connectivity index (χ1) is 9.49. The molecule has 0 aromatic carbocycles. The lowest BCUT2D eigenvalue weighted by molar-refractivity contribution is 0.371. The molecule has 1 saturated heterocycles. The van der Waals surface area contributed by atoms with Gasteiger partial charge in [0.15, 0.2) is 0 Å². The third-order valence-corrected chi connectivity index (χ3v) is 4.63. The van der Waals surface area contributed by atoms with Crippen LogP contribution in [0.1, 0.15) is 30.3 Å². The van der Waals surface area contributed by atoms with Crippen molar-refractivity contribution in [2.75, 3.05) is 31.1 Å². The molecule has 1 aromatic heterocycles. The molecule has 8 nitrogen and oxygen atoms in total. The van der Waals surface area contributed by atoms with Crippen LogP contribution < -0.4 is 10.0 Å². The Bertz CT molecular complexity index is 650. The monoisotopic (exact) mass is 297 g/mol. The van der Waals surface area contributed by atoms with E-state index in [1.54, 1.807) is 0 Å². The summed E-state index contributed by atoms with van der Waals surface area (Å²) in [5.74, 6) is 1.40. The molecule has 0 spiro atoms. The van der Waals surface area contributed by atoms with Gasteiger partial charge in [-0.3, -0.25) is 0 Å². The van der Waals surface area contributed by atoms with E-state index in [0.29, 0.717) is 30.8 Å². The van der Waals surface area contributed by atoms with E-state index < -0.39 is 10.2 Å². The summed E-state index contributed by atoms with van der Waals surface area (Å²) in [5.41, 5.74) is 0.274. The van der Waals surface area contributed by atoms with E-state index in [9.17, 15) is 8.42 Å². The van der Waals surface area contributed by atoms with Gasteiger partial charge >= 0.3 is 0 Å². The topological polar surface area (TPSA) is 116 Å². The second-order valence-corrected chi connectivity index (χ2v) is 6.57. The minimum Gasteiger partial charge on any atom is -0.423 e. The van der Waals surface area contributed by atoms with Gasteiger partial charge in [0.25, 0.3) is 10.2 Å². The Labute approximate surface area is 117 Å². The predicted molar refractivity (Wildman–Crippen MR) is 70.1 cm³/mol. The molecule has 20 heavy (non-hydrogen) atoms. The van der Waals surface area contributed by atoms with Crippen LogP contribution in [0.15, 0.2) is 4.42 Å². The molecule has 2 fully saturated rings. The highest BCUT2D eigenvalue weighted by Gasteiger charge is 2.33.